The molecule has 0 radical (unpaired) electrons. The van der Waals surface area contributed by atoms with Gasteiger partial charge in [0, 0.05) is 43.3 Å². The summed E-state index contributed by atoms with van der Waals surface area (Å²) < 4.78 is 0. The van der Waals surface area contributed by atoms with Crippen molar-refractivity contribution in [3.05, 3.63) is 42.1 Å². The zero-order chi connectivity index (χ0) is 17.2. The highest BCUT2D eigenvalue weighted by molar-refractivity contribution is 5.82. The molecule has 2 saturated heterocycles. The van der Waals surface area contributed by atoms with E-state index in [0.717, 1.165) is 29.6 Å². The van der Waals surface area contributed by atoms with E-state index in [1.54, 1.807) is 6.20 Å². The number of para-hydroxylation sites is 1. The van der Waals surface area contributed by atoms with Gasteiger partial charge in [-0.15, -0.1) is 0 Å². The van der Waals surface area contributed by atoms with Crippen LogP contribution in [0.2, 0.25) is 0 Å². The summed E-state index contributed by atoms with van der Waals surface area (Å²) in [6, 6.07) is 11.3. The zero-order valence-corrected chi connectivity index (χ0v) is 14.8. The number of hydrogen-bond acceptors (Lipinski definition) is 3. The zero-order valence-electron chi connectivity index (χ0n) is 14.8. The number of carbonyl (C=O) groups is 1. The lowest BCUT2D eigenvalue weighted by atomic mass is 9.98. The van der Waals surface area contributed by atoms with Gasteiger partial charge in [0.25, 0.3) is 0 Å². The first-order valence-corrected chi connectivity index (χ1v) is 9.33. The maximum absolute atomic E-state index is 12.4. The Morgan fingerprint density at radius 3 is 2.92 bits per heavy atom. The normalized spacial score (nSPS) is 22.0. The minimum atomic E-state index is 0.0433. The first-order valence-electron chi connectivity index (χ1n) is 9.33. The summed E-state index contributed by atoms with van der Waals surface area (Å²) in [5.74, 6) is 0. The van der Waals surface area contributed by atoms with E-state index in [9.17, 15) is 4.79 Å². The van der Waals surface area contributed by atoms with Gasteiger partial charge in [-0.3, -0.25) is 9.88 Å². The Bertz CT molecular complexity index is 751. The van der Waals surface area contributed by atoms with E-state index < -0.39 is 0 Å². The molecule has 5 nitrogen and oxygen atoms in total. The number of pyridine rings is 1. The van der Waals surface area contributed by atoms with Crippen LogP contribution in [0.4, 0.5) is 4.79 Å². The summed E-state index contributed by atoms with van der Waals surface area (Å²) in [4.78, 5) is 21.3. The fourth-order valence-corrected chi connectivity index (χ4v) is 4.09. The standard InChI is InChI=1S/C20H26N4O/c1-15-6-4-5-11-24(15)17-13-23(14-17)20(25)22-12-16-9-10-21-19-8-3-2-7-18(16)19/h2-3,7-10,15,17H,4-6,11-14H2,1H3,(H,22,25)/t15-/m0/s1. The summed E-state index contributed by atoms with van der Waals surface area (Å²) in [5, 5.41) is 4.17. The Labute approximate surface area is 149 Å². The molecule has 2 aliphatic rings. The Morgan fingerprint density at radius 1 is 1.24 bits per heavy atom. The van der Waals surface area contributed by atoms with Crippen LogP contribution in [-0.4, -0.2) is 52.5 Å². The predicted octanol–water partition coefficient (Wildman–Crippen LogP) is 3.00. The second kappa shape index (κ2) is 7.00. The van der Waals surface area contributed by atoms with Crippen LogP contribution in [0.5, 0.6) is 0 Å². The third kappa shape index (κ3) is 3.33. The number of carbonyl (C=O) groups excluding carboxylic acids is 1. The molecule has 2 aliphatic heterocycles. The molecule has 5 heteroatoms. The van der Waals surface area contributed by atoms with Crippen LogP contribution in [0.3, 0.4) is 0 Å². The fourth-order valence-electron chi connectivity index (χ4n) is 4.09. The number of nitrogens with one attached hydrogen (secondary N) is 1. The fraction of sp³-hybridized carbons (Fsp3) is 0.500. The summed E-state index contributed by atoms with van der Waals surface area (Å²) in [6.45, 7) is 5.75. The van der Waals surface area contributed by atoms with Crippen molar-refractivity contribution >= 4 is 16.9 Å². The van der Waals surface area contributed by atoms with Gasteiger partial charge in [0.05, 0.1) is 5.52 Å². The monoisotopic (exact) mass is 338 g/mol. The lowest BCUT2D eigenvalue weighted by Crippen LogP contribution is -2.64. The largest absolute Gasteiger partial charge is 0.334 e. The van der Waals surface area contributed by atoms with Gasteiger partial charge in [0.1, 0.15) is 0 Å². The Morgan fingerprint density at radius 2 is 2.08 bits per heavy atom. The Kier molecular flexibility index (Phi) is 4.57. The van der Waals surface area contributed by atoms with E-state index >= 15 is 0 Å². The van der Waals surface area contributed by atoms with Gasteiger partial charge in [-0.1, -0.05) is 24.6 Å². The van der Waals surface area contributed by atoms with Crippen LogP contribution >= 0.6 is 0 Å². The molecule has 3 heterocycles. The number of amides is 2. The van der Waals surface area contributed by atoms with E-state index in [1.807, 2.05) is 29.2 Å². The van der Waals surface area contributed by atoms with E-state index in [4.69, 9.17) is 0 Å². The molecule has 0 unspecified atom stereocenters. The average molecular weight is 338 g/mol. The highest BCUT2D eigenvalue weighted by Gasteiger charge is 2.37. The molecule has 0 saturated carbocycles. The number of nitrogens with zero attached hydrogens (tertiary/aromatic N) is 3. The maximum atomic E-state index is 12.4. The molecule has 1 N–H and O–H groups in total. The third-order valence-electron chi connectivity index (χ3n) is 5.64. The third-order valence-corrected chi connectivity index (χ3v) is 5.64. The number of likely N-dealkylation sites (tertiary alicyclic amines) is 2. The van der Waals surface area contributed by atoms with E-state index in [0.29, 0.717) is 18.6 Å². The van der Waals surface area contributed by atoms with Gasteiger partial charge in [0.2, 0.25) is 0 Å². The minimum Gasteiger partial charge on any atom is -0.334 e. The van der Waals surface area contributed by atoms with Crippen molar-refractivity contribution in [3.8, 4) is 0 Å². The van der Waals surface area contributed by atoms with Crippen molar-refractivity contribution in [2.45, 2.75) is 44.8 Å². The SMILES string of the molecule is C[C@H]1CCCCN1C1CN(C(=O)NCc2ccnc3ccccc23)C1. The van der Waals surface area contributed by atoms with Crippen LogP contribution in [0, 0.1) is 0 Å². The Balaban J connectivity index is 1.31. The first kappa shape index (κ1) is 16.3. The average Bonchev–Trinajstić information content (AvgIpc) is 2.60. The summed E-state index contributed by atoms with van der Waals surface area (Å²) in [6.07, 6.45) is 5.73. The molecule has 2 amide bonds. The van der Waals surface area contributed by atoms with Crippen LogP contribution in [0.25, 0.3) is 10.9 Å². The van der Waals surface area contributed by atoms with Gasteiger partial charge < -0.3 is 10.2 Å². The number of benzene rings is 1. The summed E-state index contributed by atoms with van der Waals surface area (Å²) in [7, 11) is 0. The van der Waals surface area contributed by atoms with Gasteiger partial charge in [-0.25, -0.2) is 4.79 Å². The molecule has 0 aliphatic carbocycles. The second-order valence-electron chi connectivity index (χ2n) is 7.29. The highest BCUT2D eigenvalue weighted by atomic mass is 16.2. The number of hydrogen-bond donors (Lipinski definition) is 1. The molecule has 1 atom stereocenters. The highest BCUT2D eigenvalue weighted by Crippen LogP contribution is 2.24. The predicted molar refractivity (Wildman–Crippen MR) is 99.4 cm³/mol. The van der Waals surface area contributed by atoms with Crippen molar-refractivity contribution < 1.29 is 4.79 Å². The molecular weight excluding hydrogens is 312 g/mol. The number of rotatable bonds is 3. The molecule has 1 aromatic heterocycles. The summed E-state index contributed by atoms with van der Waals surface area (Å²) >= 11 is 0. The van der Waals surface area contributed by atoms with Gasteiger partial charge in [-0.05, 0) is 44.0 Å². The molecule has 1 aromatic carbocycles. The summed E-state index contributed by atoms with van der Waals surface area (Å²) in [5.41, 5.74) is 2.08. The van der Waals surface area contributed by atoms with Crippen molar-refractivity contribution in [2.24, 2.45) is 0 Å². The molecule has 0 bridgehead atoms. The molecule has 2 fully saturated rings. The molecule has 2 aromatic rings. The number of aromatic nitrogens is 1. The van der Waals surface area contributed by atoms with E-state index in [-0.39, 0.29) is 6.03 Å². The second-order valence-corrected chi connectivity index (χ2v) is 7.29. The lowest BCUT2D eigenvalue weighted by Gasteiger charge is -2.49. The maximum Gasteiger partial charge on any atom is 0.317 e. The van der Waals surface area contributed by atoms with E-state index in [1.165, 1.54) is 25.8 Å². The van der Waals surface area contributed by atoms with Crippen molar-refractivity contribution in [2.75, 3.05) is 19.6 Å². The van der Waals surface area contributed by atoms with Crippen molar-refractivity contribution in [1.29, 1.82) is 0 Å². The first-order chi connectivity index (χ1) is 12.2. The molecule has 25 heavy (non-hydrogen) atoms. The smallest absolute Gasteiger partial charge is 0.317 e. The van der Waals surface area contributed by atoms with Gasteiger partial charge >= 0.3 is 6.03 Å². The molecular formula is C20H26N4O. The van der Waals surface area contributed by atoms with Gasteiger partial charge in [0.15, 0.2) is 0 Å². The van der Waals surface area contributed by atoms with Crippen LogP contribution in [0.15, 0.2) is 36.5 Å². The van der Waals surface area contributed by atoms with Crippen LogP contribution < -0.4 is 5.32 Å². The Hall–Kier alpha value is -2.14. The van der Waals surface area contributed by atoms with Crippen molar-refractivity contribution in [1.82, 2.24) is 20.1 Å². The molecule has 132 valence electrons. The minimum absolute atomic E-state index is 0.0433. The quantitative estimate of drug-likeness (QED) is 0.936. The van der Waals surface area contributed by atoms with E-state index in [2.05, 4.69) is 28.2 Å². The molecule has 0 spiro atoms. The van der Waals surface area contributed by atoms with Crippen LogP contribution in [0.1, 0.15) is 31.7 Å². The number of fused-ring (bicyclic) bond motifs is 1. The lowest BCUT2D eigenvalue weighted by molar-refractivity contribution is 0.0169. The number of piperidine rings is 1. The van der Waals surface area contributed by atoms with Crippen LogP contribution in [-0.2, 0) is 6.54 Å². The topological polar surface area (TPSA) is 48.5 Å². The van der Waals surface area contributed by atoms with Crippen molar-refractivity contribution in [3.63, 3.8) is 0 Å². The molecule has 4 rings (SSSR count). The van der Waals surface area contributed by atoms with Gasteiger partial charge in [-0.2, -0.15) is 0 Å². The number of urea groups is 1.